The number of benzene rings is 8. The van der Waals surface area contributed by atoms with Crippen molar-refractivity contribution < 1.29 is 84.7 Å². The molecule has 6 heterocycles. The van der Waals surface area contributed by atoms with E-state index in [9.17, 15) is 23.1 Å². The number of amides is 1. The summed E-state index contributed by atoms with van der Waals surface area (Å²) in [6, 6.07) is 72.4. The minimum atomic E-state index is -3.47. The number of hydrogen-bond acceptors (Lipinski definition) is 33. The number of carbonyl (C=O) groups is 2. The summed E-state index contributed by atoms with van der Waals surface area (Å²) in [7, 11) is -3.47. The molecule has 8 aromatic carbocycles. The molecule has 38 heteroatoms. The molecule has 3 N–H and O–H groups in total. The van der Waals surface area contributed by atoms with Crippen LogP contribution < -0.4 is 72.2 Å². The molecule has 0 fully saturated rings. The first-order chi connectivity index (χ1) is 70.7. The van der Waals surface area contributed by atoms with Crippen molar-refractivity contribution >= 4 is 77.2 Å². The molecule has 0 saturated heterocycles. The van der Waals surface area contributed by atoms with Gasteiger partial charge in [0.2, 0.25) is 74.5 Å². The smallest absolute Gasteiger partial charge is 0.323 e. The van der Waals surface area contributed by atoms with Crippen LogP contribution in [0.5, 0.6) is 76.8 Å². The summed E-state index contributed by atoms with van der Waals surface area (Å²) in [5.74, 6) is 3.50. The average molecular weight is 2100 g/mol. The highest BCUT2D eigenvalue weighted by Gasteiger charge is 2.23. The SMILES string of the molecule is CCOc1cc(OCC)nc(OCc2cccc(-c3ccccc3)c2C)n1.CCOc1cc(OCC)nc(S(C)(=O)=O)n1.CCOc1cc(OCC)nc(SC)n1.CCOc1nc(OCc2cccc(-c3ccccc3)c2C)nc(OCC)c1C=O.CCOc1nc(OCc2cccc(-c3ccccc3)c2C)nc(OCC)c1CNCCNC(C)=O.CSc1nc(Cl)cc(Cl)n1.Cc1c(CO)cccc1-c1ccccc1.[B]. The van der Waals surface area contributed by atoms with E-state index in [0.29, 0.717) is 167 Å². The number of thioether (sulfide) groups is 2. The molecule has 0 unspecified atom stereocenters. The molecule has 3 radical (unpaired) electrons. The van der Waals surface area contributed by atoms with Crippen molar-refractivity contribution in [1.29, 1.82) is 0 Å². The maximum absolute atomic E-state index is 11.4. The Hall–Kier alpha value is -14.0. The second-order valence-corrected chi connectivity index (χ2v) is 34.8. The largest absolute Gasteiger partial charge is 0.478 e. The lowest BCUT2D eigenvalue weighted by atomic mass is 9.97. The fraction of sp³-hybridized carbons (Fsp3) is 0.321. The molecule has 0 bridgehead atoms. The Morgan fingerprint density at radius 2 is 0.646 bits per heavy atom. The van der Waals surface area contributed by atoms with Crippen LogP contribution in [0.1, 0.15) is 137 Å². The maximum atomic E-state index is 11.4. The van der Waals surface area contributed by atoms with Crippen molar-refractivity contribution in [2.45, 2.75) is 152 Å². The number of carbonyl (C=O) groups excluding carboxylic acids is 2. The fourth-order valence-corrected chi connectivity index (χ4v) is 15.3. The number of nitrogens with one attached hydrogen (secondary N) is 2. The third kappa shape index (κ3) is 39.7. The Kier molecular flexibility index (Phi) is 53.4. The molecular formula is C109H128BCl2N14O18S3. The maximum Gasteiger partial charge on any atom is 0.323 e. The van der Waals surface area contributed by atoms with Gasteiger partial charge in [-0.15, -0.1) is 0 Å². The van der Waals surface area contributed by atoms with Crippen molar-refractivity contribution in [3.63, 3.8) is 0 Å². The van der Waals surface area contributed by atoms with E-state index >= 15 is 0 Å². The van der Waals surface area contributed by atoms with Crippen LogP contribution in [0.25, 0.3) is 44.5 Å². The first kappa shape index (κ1) is 120. The van der Waals surface area contributed by atoms with Crippen molar-refractivity contribution in [2.24, 2.45) is 0 Å². The number of halogens is 2. The quantitative estimate of drug-likeness (QED) is 0.00798. The van der Waals surface area contributed by atoms with Gasteiger partial charge < -0.3 is 77.3 Å². The van der Waals surface area contributed by atoms with Gasteiger partial charge in [0.1, 0.15) is 35.7 Å². The van der Waals surface area contributed by atoms with Crippen LogP contribution >= 0.6 is 46.7 Å². The summed E-state index contributed by atoms with van der Waals surface area (Å²) in [5, 5.41) is 16.9. The topological polar surface area (TPSA) is 387 Å². The van der Waals surface area contributed by atoms with E-state index in [-0.39, 0.29) is 79.8 Å². The fourth-order valence-electron chi connectivity index (χ4n) is 13.6. The van der Waals surface area contributed by atoms with E-state index in [1.807, 2.05) is 190 Å². The molecule has 0 spiro atoms. The number of hydrogen-bond donors (Lipinski definition) is 3. The lowest BCUT2D eigenvalue weighted by Crippen LogP contribution is -2.30. The number of aliphatic hydroxyl groups excluding tert-OH is 1. The highest BCUT2D eigenvalue weighted by atomic mass is 35.5. The van der Waals surface area contributed by atoms with Gasteiger partial charge in [-0.3, -0.25) is 9.59 Å². The number of ether oxygens (including phenoxy) is 13. The molecule has 0 atom stereocenters. The lowest BCUT2D eigenvalue weighted by Gasteiger charge is -2.16. The van der Waals surface area contributed by atoms with Gasteiger partial charge in [0, 0.05) is 47.3 Å². The standard InChI is InChI=1S/C27H34N4O4.C23H24N2O4.C22H24N2O3.C14H14O.C9H14N2O4S.C9H14N2O2S.C5H4Cl2N2S.B/c1-5-33-25-24(17-28-15-16-29-20(4)32)26(34-6-2)31-27(30-25)35-18-22-13-10-14-23(19(22)3)21-11-8-7-9-12-21;1-4-27-21-20(14-26)22(28-5-2)25-23(24-21)29-15-18-12-9-13-19(16(18)3)17-10-7-6-8-11-17;1-4-25-20-14-21(26-5-2)24-22(23-20)27-15-18-12-9-13-19(16(18)3)17-10-7-6-8-11-17;1-11-13(10-15)8-5-9-14(11)12-6-3-2-4-7-12;1-4-14-7-6-8(15-5-2)11-9(10-7)16(3,12)13;1-4-12-7-6-8(13-5-2)11-9(10-7)14-3;1-10-5-8-3(6)2-4(7)9-5;/h7-14,28H,5-6,15-18H2,1-4H3,(H,29,32);6-14H,4-5,15H2,1-3H3;6-14H,4-5,15H2,1-3H3;2-9,15H,10H2,1H3;6H,4-5H2,1-3H3;6H,4-5H2,1-3H3;2H,1H3;. The molecule has 0 aliphatic carbocycles. The highest BCUT2D eigenvalue weighted by molar-refractivity contribution is 7.98. The first-order valence-electron chi connectivity index (χ1n) is 47.4. The Labute approximate surface area is 882 Å². The van der Waals surface area contributed by atoms with Crippen molar-refractivity contribution in [3.05, 3.63) is 284 Å². The van der Waals surface area contributed by atoms with E-state index < -0.39 is 9.84 Å². The van der Waals surface area contributed by atoms with Gasteiger partial charge in [-0.05, 0) is 198 Å². The predicted octanol–water partition coefficient (Wildman–Crippen LogP) is 21.5. The minimum absolute atomic E-state index is 0. The lowest BCUT2D eigenvalue weighted by molar-refractivity contribution is -0.118. The average Bonchev–Trinajstić information content (AvgIpc) is 0.814. The Balaban J connectivity index is 0.000000240. The normalized spacial score (nSPS) is 10.4. The summed E-state index contributed by atoms with van der Waals surface area (Å²) >= 11 is 14.0. The van der Waals surface area contributed by atoms with Crippen LogP contribution in [-0.4, -0.2) is 192 Å². The molecule has 0 aliphatic rings. The van der Waals surface area contributed by atoms with Crippen LogP contribution in [-0.2, 0) is 47.6 Å². The zero-order chi connectivity index (χ0) is 106. The van der Waals surface area contributed by atoms with Crippen molar-refractivity contribution in [1.82, 2.24) is 70.4 Å². The number of aldehydes is 1. The first-order valence-corrected chi connectivity index (χ1v) is 52.5. The molecule has 0 saturated carbocycles. The van der Waals surface area contributed by atoms with E-state index in [1.54, 1.807) is 26.0 Å². The van der Waals surface area contributed by atoms with Gasteiger partial charge in [-0.25, -0.2) is 18.4 Å². The summed E-state index contributed by atoms with van der Waals surface area (Å²) < 4.78 is 94.6. The molecule has 32 nitrogen and oxygen atoms in total. The van der Waals surface area contributed by atoms with Gasteiger partial charge in [0.15, 0.2) is 16.6 Å². The molecule has 14 rings (SSSR count). The van der Waals surface area contributed by atoms with E-state index in [4.69, 9.17) is 84.8 Å². The molecule has 6 aromatic heterocycles. The molecule has 777 valence electrons. The molecule has 14 aromatic rings. The van der Waals surface area contributed by atoms with Gasteiger partial charge in [-0.2, -0.15) is 49.8 Å². The van der Waals surface area contributed by atoms with E-state index in [1.165, 1.54) is 76.0 Å². The summed E-state index contributed by atoms with van der Waals surface area (Å²) in [6.45, 7) is 35.7. The van der Waals surface area contributed by atoms with Crippen LogP contribution in [0, 0.1) is 27.7 Å². The zero-order valence-corrected chi connectivity index (χ0v) is 90.2. The van der Waals surface area contributed by atoms with Crippen LogP contribution in [0.15, 0.2) is 234 Å². The van der Waals surface area contributed by atoms with Gasteiger partial charge in [-0.1, -0.05) is 241 Å². The monoisotopic (exact) mass is 2100 g/mol. The van der Waals surface area contributed by atoms with Gasteiger partial charge in [0.25, 0.3) is 5.16 Å². The summed E-state index contributed by atoms with van der Waals surface area (Å²) in [5.41, 5.74) is 19.0. The number of nitrogens with zero attached hydrogens (tertiary/aromatic N) is 12. The van der Waals surface area contributed by atoms with Gasteiger partial charge in [0.05, 0.1) is 96.4 Å². The highest BCUT2D eigenvalue weighted by Crippen LogP contribution is 2.35. The Morgan fingerprint density at radius 1 is 0.361 bits per heavy atom. The summed E-state index contributed by atoms with van der Waals surface area (Å²) in [4.78, 5) is 72.2. The molecule has 1 amide bonds. The van der Waals surface area contributed by atoms with Crippen molar-refractivity contribution in [2.75, 3.05) is 97.9 Å². The third-order valence-electron chi connectivity index (χ3n) is 20.4. The number of sulfone groups is 1. The molecular weight excluding hydrogens is 1970 g/mol. The van der Waals surface area contributed by atoms with E-state index in [0.717, 1.165) is 61.9 Å². The van der Waals surface area contributed by atoms with Crippen LogP contribution in [0.4, 0.5) is 0 Å². The van der Waals surface area contributed by atoms with Gasteiger partial charge >= 0.3 is 18.0 Å². The number of aliphatic hydroxyl groups is 1. The molecule has 147 heavy (non-hydrogen) atoms. The number of rotatable bonds is 43. The van der Waals surface area contributed by atoms with Crippen LogP contribution in [0.3, 0.4) is 0 Å². The number of aromatic nitrogens is 12. The third-order valence-corrected chi connectivity index (χ3v) is 22.7. The minimum Gasteiger partial charge on any atom is -0.478 e. The van der Waals surface area contributed by atoms with E-state index in [2.05, 4.69) is 170 Å². The zero-order valence-electron chi connectivity index (χ0n) is 86.2. The predicted molar refractivity (Wildman–Crippen MR) is 577 cm³/mol. The molecule has 0 aliphatic heterocycles. The Bertz CT molecular complexity index is 6350. The Morgan fingerprint density at radius 3 is 0.946 bits per heavy atom. The van der Waals surface area contributed by atoms with Crippen molar-refractivity contribution in [3.8, 4) is 121 Å². The second-order valence-electron chi connectivity index (χ2n) is 30.5. The second kappa shape index (κ2) is 65.5. The van der Waals surface area contributed by atoms with Crippen LogP contribution in [0.2, 0.25) is 10.3 Å². The summed E-state index contributed by atoms with van der Waals surface area (Å²) in [6.07, 6.45) is 5.45.